The second kappa shape index (κ2) is 3.24. The summed E-state index contributed by atoms with van der Waals surface area (Å²) < 4.78 is 4.07. The molecule has 0 aliphatic rings. The molecule has 0 radical (unpaired) electrons. The van der Waals surface area contributed by atoms with Gasteiger partial charge in [-0.15, -0.1) is 0 Å². The molecule has 74 valence electrons. The summed E-state index contributed by atoms with van der Waals surface area (Å²) in [5, 5.41) is 1.07. The quantitative estimate of drug-likeness (QED) is 0.730. The number of nitrogens with zero attached hydrogens (tertiary/aromatic N) is 2. The van der Waals surface area contributed by atoms with Gasteiger partial charge in [0.25, 0.3) is 0 Å². The zero-order valence-corrected chi connectivity index (χ0v) is 10.5. The Hall–Kier alpha value is -0.0900. The maximum absolute atomic E-state index is 4.48. The summed E-state index contributed by atoms with van der Waals surface area (Å²) in [4.78, 5) is 4.48. The average molecular weight is 216 g/mol. The fourth-order valence-corrected chi connectivity index (χ4v) is 1.79. The second-order valence-corrected chi connectivity index (χ2v) is 6.60. The molecule has 2 nitrogen and oxygen atoms in total. The third kappa shape index (κ3) is 2.68. The van der Waals surface area contributed by atoms with Crippen LogP contribution in [-0.4, -0.2) is 9.36 Å². The lowest BCUT2D eigenvalue weighted by molar-refractivity contribution is 0.578. The van der Waals surface area contributed by atoms with Gasteiger partial charge in [0, 0.05) is 5.41 Å². The van der Waals surface area contributed by atoms with E-state index in [1.165, 1.54) is 11.5 Å². The van der Waals surface area contributed by atoms with Crippen molar-refractivity contribution in [3.8, 4) is 0 Å². The van der Waals surface area contributed by atoms with Gasteiger partial charge in [-0.3, -0.25) is 0 Å². The van der Waals surface area contributed by atoms with Crippen LogP contribution in [0.1, 0.15) is 45.5 Å². The maximum Gasteiger partial charge on any atom is 0.157 e. The van der Waals surface area contributed by atoms with Crippen LogP contribution >= 0.6 is 24.2 Å². The van der Waals surface area contributed by atoms with Crippen LogP contribution in [0.15, 0.2) is 0 Å². The molecule has 1 rings (SSSR count). The van der Waals surface area contributed by atoms with Crippen LogP contribution in [-0.2, 0) is 10.2 Å². The fourth-order valence-electron chi connectivity index (χ4n) is 0.777. The lowest BCUT2D eigenvalue weighted by Crippen LogP contribution is -2.14. The molecule has 0 aliphatic heterocycles. The van der Waals surface area contributed by atoms with Gasteiger partial charge >= 0.3 is 0 Å². The SMILES string of the molecule is CC(C)(C)c1nc(C(C)(C)S)ns1. The first-order chi connectivity index (χ1) is 5.71. The summed E-state index contributed by atoms with van der Waals surface area (Å²) in [5.74, 6) is 0.825. The van der Waals surface area contributed by atoms with E-state index in [0.717, 1.165) is 10.8 Å². The smallest absolute Gasteiger partial charge is 0.157 e. The van der Waals surface area contributed by atoms with Gasteiger partial charge in [-0.1, -0.05) is 20.8 Å². The van der Waals surface area contributed by atoms with Crippen LogP contribution in [0.5, 0.6) is 0 Å². The number of hydrogen-bond donors (Lipinski definition) is 1. The normalized spacial score (nSPS) is 13.4. The van der Waals surface area contributed by atoms with E-state index in [1.54, 1.807) is 0 Å². The molecule has 0 spiro atoms. The van der Waals surface area contributed by atoms with E-state index in [2.05, 4.69) is 42.8 Å². The molecule has 0 N–H and O–H groups in total. The van der Waals surface area contributed by atoms with Crippen molar-refractivity contribution in [2.75, 3.05) is 0 Å². The lowest BCUT2D eigenvalue weighted by Gasteiger charge is -2.14. The summed E-state index contributed by atoms with van der Waals surface area (Å²) in [6.07, 6.45) is 0. The summed E-state index contributed by atoms with van der Waals surface area (Å²) in [6, 6.07) is 0. The molecule has 0 aliphatic carbocycles. The van der Waals surface area contributed by atoms with Crippen molar-refractivity contribution >= 4 is 24.2 Å². The van der Waals surface area contributed by atoms with Gasteiger partial charge in [0.2, 0.25) is 0 Å². The molecule has 0 atom stereocenters. The van der Waals surface area contributed by atoms with Gasteiger partial charge in [-0.2, -0.15) is 17.0 Å². The molecule has 0 unspecified atom stereocenters. The summed E-state index contributed by atoms with van der Waals surface area (Å²) in [6.45, 7) is 10.4. The Bertz CT molecular complexity index is 263. The van der Waals surface area contributed by atoms with Crippen molar-refractivity contribution in [1.82, 2.24) is 9.36 Å². The zero-order valence-electron chi connectivity index (χ0n) is 8.75. The van der Waals surface area contributed by atoms with Gasteiger partial charge in [-0.25, -0.2) is 4.98 Å². The third-order valence-corrected chi connectivity index (χ3v) is 2.96. The van der Waals surface area contributed by atoms with Crippen molar-refractivity contribution in [3.63, 3.8) is 0 Å². The van der Waals surface area contributed by atoms with Gasteiger partial charge in [-0.05, 0) is 25.4 Å². The van der Waals surface area contributed by atoms with Crippen molar-refractivity contribution in [1.29, 1.82) is 0 Å². The van der Waals surface area contributed by atoms with E-state index < -0.39 is 0 Å². The predicted octanol–water partition coefficient (Wildman–Crippen LogP) is 3.00. The van der Waals surface area contributed by atoms with Crippen LogP contribution in [0.3, 0.4) is 0 Å². The van der Waals surface area contributed by atoms with Crippen LogP contribution in [0.2, 0.25) is 0 Å². The lowest BCUT2D eigenvalue weighted by atomic mass is 9.98. The first kappa shape index (κ1) is 11.0. The molecule has 0 saturated heterocycles. The van der Waals surface area contributed by atoms with Crippen molar-refractivity contribution in [3.05, 3.63) is 10.8 Å². The number of aromatic nitrogens is 2. The minimum Gasteiger partial charge on any atom is -0.222 e. The molecule has 0 bridgehead atoms. The summed E-state index contributed by atoms with van der Waals surface area (Å²) >= 11 is 5.91. The average Bonchev–Trinajstić information content (AvgIpc) is 2.28. The summed E-state index contributed by atoms with van der Waals surface area (Å²) in [5.41, 5.74) is 0.0922. The Kier molecular flexibility index (Phi) is 2.74. The van der Waals surface area contributed by atoms with Gasteiger partial charge in [0.05, 0.1) is 4.75 Å². The van der Waals surface area contributed by atoms with Crippen molar-refractivity contribution < 1.29 is 0 Å². The highest BCUT2D eigenvalue weighted by Crippen LogP contribution is 2.30. The number of thiol groups is 1. The van der Waals surface area contributed by atoms with Crippen LogP contribution in [0, 0.1) is 0 Å². The Balaban J connectivity index is 3.01. The second-order valence-electron chi connectivity index (χ2n) is 4.73. The molecule has 4 heteroatoms. The molecule has 1 aromatic rings. The maximum atomic E-state index is 4.48. The topological polar surface area (TPSA) is 25.8 Å². The van der Waals surface area contributed by atoms with Crippen LogP contribution in [0.25, 0.3) is 0 Å². The Morgan fingerprint density at radius 1 is 1.15 bits per heavy atom. The number of hydrogen-bond acceptors (Lipinski definition) is 4. The summed E-state index contributed by atoms with van der Waals surface area (Å²) in [7, 11) is 0. The highest BCUT2D eigenvalue weighted by molar-refractivity contribution is 7.81. The predicted molar refractivity (Wildman–Crippen MR) is 60.6 cm³/mol. The first-order valence-corrected chi connectivity index (χ1v) is 5.50. The monoisotopic (exact) mass is 216 g/mol. The van der Waals surface area contributed by atoms with Crippen LogP contribution < -0.4 is 0 Å². The van der Waals surface area contributed by atoms with Crippen LogP contribution in [0.4, 0.5) is 0 Å². The van der Waals surface area contributed by atoms with Crippen molar-refractivity contribution in [2.45, 2.75) is 44.8 Å². The highest BCUT2D eigenvalue weighted by atomic mass is 32.1. The van der Waals surface area contributed by atoms with E-state index in [4.69, 9.17) is 0 Å². The molecule has 1 aromatic heterocycles. The first-order valence-electron chi connectivity index (χ1n) is 4.28. The minimum atomic E-state index is -0.236. The molecule has 1 heterocycles. The molecular weight excluding hydrogens is 200 g/mol. The van der Waals surface area contributed by atoms with E-state index in [9.17, 15) is 0 Å². The minimum absolute atomic E-state index is 0.0922. The van der Waals surface area contributed by atoms with Gasteiger partial charge < -0.3 is 0 Å². The zero-order chi connectivity index (χ0) is 10.3. The Morgan fingerprint density at radius 2 is 1.69 bits per heavy atom. The molecule has 0 fully saturated rings. The highest BCUT2D eigenvalue weighted by Gasteiger charge is 2.25. The standard InChI is InChI=1S/C9H16N2S2/c1-8(2,3)7-10-6(11-13-7)9(4,5)12/h12H,1-5H3. The van der Waals surface area contributed by atoms with Gasteiger partial charge in [0.1, 0.15) is 5.01 Å². The Morgan fingerprint density at radius 3 is 1.92 bits per heavy atom. The molecule has 0 amide bonds. The Labute approximate surface area is 89.4 Å². The van der Waals surface area contributed by atoms with Gasteiger partial charge in [0.15, 0.2) is 5.82 Å². The molecular formula is C9H16N2S2. The van der Waals surface area contributed by atoms with E-state index in [1.807, 2.05) is 13.8 Å². The third-order valence-electron chi connectivity index (χ3n) is 1.61. The fraction of sp³-hybridized carbons (Fsp3) is 0.778. The van der Waals surface area contributed by atoms with Crippen molar-refractivity contribution in [2.24, 2.45) is 0 Å². The van der Waals surface area contributed by atoms with E-state index >= 15 is 0 Å². The molecule has 0 saturated carbocycles. The van der Waals surface area contributed by atoms with E-state index in [0.29, 0.717) is 0 Å². The molecule has 13 heavy (non-hydrogen) atoms. The van der Waals surface area contributed by atoms with E-state index in [-0.39, 0.29) is 10.2 Å². The largest absolute Gasteiger partial charge is 0.222 e. The number of rotatable bonds is 1. The molecule has 0 aromatic carbocycles.